The number of amides is 1. The van der Waals surface area contributed by atoms with Crippen molar-refractivity contribution in [2.75, 3.05) is 0 Å². The predicted molar refractivity (Wildman–Crippen MR) is 106 cm³/mol. The Balaban J connectivity index is 1.78. The van der Waals surface area contributed by atoms with Crippen molar-refractivity contribution in [2.45, 2.75) is 25.5 Å². The highest BCUT2D eigenvalue weighted by molar-refractivity contribution is 7.74. The van der Waals surface area contributed by atoms with Gasteiger partial charge >= 0.3 is 13.3 Å². The molecular formula is C21H20NO6P. The number of aliphatic carboxylic acids is 1. The predicted octanol–water partition coefficient (Wildman–Crippen LogP) is 1.84. The second kappa shape index (κ2) is 7.17. The number of carbonyl (C=O) groups excluding carboxylic acids is 1. The average molecular weight is 413 g/mol. The zero-order valence-corrected chi connectivity index (χ0v) is 16.5. The lowest BCUT2D eigenvalue weighted by Gasteiger charge is -2.44. The number of aliphatic hydroxyl groups excluding tert-OH is 1. The van der Waals surface area contributed by atoms with E-state index in [-0.39, 0.29) is 17.9 Å². The maximum absolute atomic E-state index is 14.1. The van der Waals surface area contributed by atoms with Gasteiger partial charge in [0.25, 0.3) is 0 Å². The number of benzene rings is 2. The van der Waals surface area contributed by atoms with E-state index in [9.17, 15) is 24.4 Å². The van der Waals surface area contributed by atoms with Gasteiger partial charge in [-0.3, -0.25) is 14.3 Å². The summed E-state index contributed by atoms with van der Waals surface area (Å²) in [7, 11) is -3.66. The van der Waals surface area contributed by atoms with Crippen LogP contribution in [-0.2, 0) is 18.7 Å². The number of hydrogen-bond acceptors (Lipinski definition) is 5. The minimum atomic E-state index is -3.66. The third kappa shape index (κ3) is 3.07. The lowest BCUT2D eigenvalue weighted by molar-refractivity contribution is -0.161. The van der Waals surface area contributed by atoms with E-state index in [0.29, 0.717) is 10.6 Å². The molecule has 7 nitrogen and oxygen atoms in total. The van der Waals surface area contributed by atoms with Crippen LogP contribution >= 0.6 is 7.37 Å². The van der Waals surface area contributed by atoms with Gasteiger partial charge < -0.3 is 14.7 Å². The van der Waals surface area contributed by atoms with Crippen LogP contribution in [0.25, 0.3) is 0 Å². The quantitative estimate of drug-likeness (QED) is 0.553. The van der Waals surface area contributed by atoms with Crippen molar-refractivity contribution in [1.29, 1.82) is 0 Å². The van der Waals surface area contributed by atoms with E-state index in [4.69, 9.17) is 4.52 Å². The molecule has 150 valence electrons. The summed E-state index contributed by atoms with van der Waals surface area (Å²) < 4.78 is 20.1. The van der Waals surface area contributed by atoms with Gasteiger partial charge in [-0.2, -0.15) is 0 Å². The van der Waals surface area contributed by atoms with E-state index in [1.54, 1.807) is 60.7 Å². The minimum Gasteiger partial charge on any atom is -0.476 e. The van der Waals surface area contributed by atoms with E-state index in [2.05, 4.69) is 0 Å². The molecule has 2 heterocycles. The van der Waals surface area contributed by atoms with Crippen LogP contribution in [0.15, 0.2) is 72.1 Å². The van der Waals surface area contributed by atoms with Crippen LogP contribution in [0, 0.1) is 5.92 Å². The topological polar surface area (TPSA) is 104 Å². The number of aliphatic hydroxyl groups is 1. The Morgan fingerprint density at radius 2 is 1.62 bits per heavy atom. The van der Waals surface area contributed by atoms with E-state index in [0.717, 1.165) is 4.90 Å². The molecule has 0 unspecified atom stereocenters. The molecule has 8 heteroatoms. The molecule has 2 aliphatic heterocycles. The van der Waals surface area contributed by atoms with Gasteiger partial charge in [-0.05, 0) is 31.2 Å². The van der Waals surface area contributed by atoms with Crippen LogP contribution < -0.4 is 10.6 Å². The second-order valence-electron chi connectivity index (χ2n) is 7.14. The number of carboxylic acid groups (broad SMARTS) is 1. The molecule has 1 fully saturated rings. The summed E-state index contributed by atoms with van der Waals surface area (Å²) in [6.07, 6.45) is -0.819. The third-order valence-corrected chi connectivity index (χ3v) is 7.76. The molecule has 3 atom stereocenters. The Morgan fingerprint density at radius 1 is 1.10 bits per heavy atom. The van der Waals surface area contributed by atoms with Gasteiger partial charge in [0.15, 0.2) is 5.70 Å². The second-order valence-corrected chi connectivity index (χ2v) is 9.46. The average Bonchev–Trinajstić information content (AvgIpc) is 3.03. The SMILES string of the molecule is C[C@@H](O)[C@H]1C(=O)N2C(C(=O)O)=C(OP(=O)(c3ccccc3)c3ccccc3)C[C@H]12. The van der Waals surface area contributed by atoms with E-state index in [1.165, 1.54) is 6.92 Å². The first-order chi connectivity index (χ1) is 13.8. The number of hydrogen-bond donors (Lipinski definition) is 2. The van der Waals surface area contributed by atoms with Crippen LogP contribution in [0.1, 0.15) is 13.3 Å². The number of carbonyl (C=O) groups is 2. The molecule has 0 radical (unpaired) electrons. The standard InChI is InChI=1S/C21H20NO6P/c1-13(23)18-16-12-17(19(21(25)26)22(16)20(18)24)28-29(27,14-8-4-2-5-9-14)15-10-6-3-7-11-15/h2-11,13,16,18,23H,12H2,1H3,(H,25,26)/t13-,16-,18-/m1/s1. The summed E-state index contributed by atoms with van der Waals surface area (Å²) in [5, 5.41) is 20.4. The van der Waals surface area contributed by atoms with Gasteiger partial charge in [0.1, 0.15) is 5.76 Å². The van der Waals surface area contributed by atoms with Crippen molar-refractivity contribution in [3.8, 4) is 0 Å². The monoisotopic (exact) mass is 413 g/mol. The van der Waals surface area contributed by atoms with Crippen LogP contribution in [0.3, 0.4) is 0 Å². The number of fused-ring (bicyclic) bond motifs is 1. The van der Waals surface area contributed by atoms with Crippen LogP contribution in [0.2, 0.25) is 0 Å². The fraction of sp³-hybridized carbons (Fsp3) is 0.238. The molecule has 0 saturated carbocycles. The Morgan fingerprint density at radius 3 is 2.07 bits per heavy atom. The molecule has 29 heavy (non-hydrogen) atoms. The first kappa shape index (κ1) is 19.4. The largest absolute Gasteiger partial charge is 0.476 e. The number of rotatable bonds is 6. The molecule has 0 bridgehead atoms. The molecule has 1 amide bonds. The summed E-state index contributed by atoms with van der Waals surface area (Å²) in [5.74, 6) is -2.49. The van der Waals surface area contributed by atoms with E-state index >= 15 is 0 Å². The number of nitrogens with zero attached hydrogens (tertiary/aromatic N) is 1. The lowest BCUT2D eigenvalue weighted by atomic mass is 9.83. The van der Waals surface area contributed by atoms with E-state index in [1.807, 2.05) is 0 Å². The molecule has 0 spiro atoms. The molecule has 0 aromatic heterocycles. The molecule has 2 N–H and O–H groups in total. The first-order valence-corrected chi connectivity index (χ1v) is 10.9. The maximum atomic E-state index is 14.1. The van der Waals surface area contributed by atoms with Gasteiger partial charge in [0.05, 0.1) is 28.7 Å². The van der Waals surface area contributed by atoms with Crippen molar-refractivity contribution in [3.63, 3.8) is 0 Å². The smallest absolute Gasteiger partial charge is 0.356 e. The fourth-order valence-corrected chi connectivity index (χ4v) is 6.08. The van der Waals surface area contributed by atoms with Crippen LogP contribution in [0.4, 0.5) is 0 Å². The van der Waals surface area contributed by atoms with Gasteiger partial charge in [0, 0.05) is 6.42 Å². The number of carboxylic acids is 1. The highest BCUT2D eigenvalue weighted by atomic mass is 31.2. The van der Waals surface area contributed by atoms with Crippen molar-refractivity contribution in [2.24, 2.45) is 5.92 Å². The lowest BCUT2D eigenvalue weighted by Crippen LogP contribution is -2.61. The van der Waals surface area contributed by atoms with Crippen molar-refractivity contribution < 1.29 is 28.9 Å². The van der Waals surface area contributed by atoms with Gasteiger partial charge in [-0.25, -0.2) is 4.79 Å². The van der Waals surface area contributed by atoms with E-state index < -0.39 is 37.3 Å². The molecule has 2 aromatic carbocycles. The normalized spacial score (nSPS) is 22.1. The summed E-state index contributed by atoms with van der Waals surface area (Å²) >= 11 is 0. The van der Waals surface area contributed by atoms with Gasteiger partial charge in [-0.1, -0.05) is 36.4 Å². The highest BCUT2D eigenvalue weighted by Gasteiger charge is 2.58. The molecule has 2 aliphatic rings. The molecule has 0 aliphatic carbocycles. The Bertz CT molecular complexity index is 990. The maximum Gasteiger partial charge on any atom is 0.356 e. The fourth-order valence-electron chi connectivity index (χ4n) is 3.97. The summed E-state index contributed by atoms with van der Waals surface area (Å²) in [6, 6.07) is 16.7. The summed E-state index contributed by atoms with van der Waals surface area (Å²) in [4.78, 5) is 25.4. The van der Waals surface area contributed by atoms with Crippen LogP contribution in [-0.4, -0.2) is 39.1 Å². The Hall–Kier alpha value is -2.89. The van der Waals surface area contributed by atoms with Crippen molar-refractivity contribution in [3.05, 3.63) is 72.1 Å². The highest BCUT2D eigenvalue weighted by Crippen LogP contribution is 2.52. The molecular weight excluding hydrogens is 393 g/mol. The summed E-state index contributed by atoms with van der Waals surface area (Å²) in [6.45, 7) is 1.50. The molecule has 1 saturated heterocycles. The molecule has 4 rings (SSSR count). The van der Waals surface area contributed by atoms with Gasteiger partial charge in [0.2, 0.25) is 5.91 Å². The molecule has 2 aromatic rings. The van der Waals surface area contributed by atoms with Crippen molar-refractivity contribution in [1.82, 2.24) is 4.90 Å². The zero-order valence-electron chi connectivity index (χ0n) is 15.6. The Kier molecular flexibility index (Phi) is 4.81. The third-order valence-electron chi connectivity index (χ3n) is 5.32. The zero-order chi connectivity index (χ0) is 20.8. The van der Waals surface area contributed by atoms with Gasteiger partial charge in [-0.15, -0.1) is 0 Å². The first-order valence-electron chi connectivity index (χ1n) is 9.23. The minimum absolute atomic E-state index is 0.00459. The number of β-lactam (4-membered cyclic amide) rings is 1. The Labute approximate surface area is 167 Å². The summed E-state index contributed by atoms with van der Waals surface area (Å²) in [5.41, 5.74) is -0.302. The van der Waals surface area contributed by atoms with Crippen LogP contribution in [0.5, 0.6) is 0 Å². The van der Waals surface area contributed by atoms with Crippen molar-refractivity contribution >= 4 is 29.9 Å².